The first-order valence-electron chi connectivity index (χ1n) is 6.26. The molecular formula is C15H12N2O2S2. The fraction of sp³-hybridized carbons (Fsp3) is 0.0667. The second-order valence-electron chi connectivity index (χ2n) is 4.62. The molecule has 0 fully saturated rings. The number of fused-ring (bicyclic) bond motifs is 1. The molecule has 106 valence electrons. The average molecular weight is 316 g/mol. The molecule has 0 aliphatic rings. The summed E-state index contributed by atoms with van der Waals surface area (Å²) in [6, 6.07) is 10.4. The summed E-state index contributed by atoms with van der Waals surface area (Å²) >= 11 is 6.69. The molecule has 0 bridgehead atoms. The molecule has 0 saturated heterocycles. The molecule has 4 nitrogen and oxygen atoms in total. The van der Waals surface area contributed by atoms with E-state index in [1.807, 2.05) is 30.5 Å². The summed E-state index contributed by atoms with van der Waals surface area (Å²) in [7, 11) is 0. The molecule has 2 heterocycles. The molecule has 0 spiro atoms. The van der Waals surface area contributed by atoms with Gasteiger partial charge in [-0.2, -0.15) is 0 Å². The SMILES string of the molecule is Cc1cc(=S)n(NC(=O)c2cccs2)c2cc(O)ccc12. The number of carbonyl (C=O) groups excluding carboxylic acids is 1. The van der Waals surface area contributed by atoms with Crippen molar-refractivity contribution in [1.82, 2.24) is 4.68 Å². The van der Waals surface area contributed by atoms with Crippen LogP contribution in [0.1, 0.15) is 15.2 Å². The molecule has 0 aliphatic heterocycles. The molecule has 2 N–H and O–H groups in total. The Morgan fingerprint density at radius 1 is 1.33 bits per heavy atom. The Morgan fingerprint density at radius 3 is 2.86 bits per heavy atom. The number of aromatic hydroxyl groups is 1. The fourth-order valence-corrected chi connectivity index (χ4v) is 3.10. The number of rotatable bonds is 2. The minimum Gasteiger partial charge on any atom is -0.508 e. The number of phenolic OH excluding ortho intramolecular Hbond substituents is 1. The van der Waals surface area contributed by atoms with Crippen molar-refractivity contribution in [1.29, 1.82) is 0 Å². The molecule has 1 amide bonds. The van der Waals surface area contributed by atoms with Gasteiger partial charge in [0.15, 0.2) is 0 Å². The van der Waals surface area contributed by atoms with Crippen molar-refractivity contribution < 1.29 is 9.90 Å². The molecule has 6 heteroatoms. The number of benzene rings is 1. The van der Waals surface area contributed by atoms with E-state index in [0.29, 0.717) is 15.0 Å². The van der Waals surface area contributed by atoms with Crippen LogP contribution in [-0.2, 0) is 0 Å². The average Bonchev–Trinajstić information content (AvgIpc) is 2.97. The summed E-state index contributed by atoms with van der Waals surface area (Å²) in [5.74, 6) is -0.101. The molecule has 3 aromatic rings. The van der Waals surface area contributed by atoms with Crippen LogP contribution >= 0.6 is 23.6 Å². The largest absolute Gasteiger partial charge is 0.508 e. The van der Waals surface area contributed by atoms with Gasteiger partial charge in [-0.15, -0.1) is 11.3 Å². The van der Waals surface area contributed by atoms with E-state index in [2.05, 4.69) is 5.43 Å². The number of hydrogen-bond acceptors (Lipinski definition) is 4. The lowest BCUT2D eigenvalue weighted by Gasteiger charge is -2.14. The van der Waals surface area contributed by atoms with Crippen LogP contribution in [0, 0.1) is 11.6 Å². The van der Waals surface area contributed by atoms with Crippen LogP contribution in [0.3, 0.4) is 0 Å². The molecular weight excluding hydrogens is 304 g/mol. The highest BCUT2D eigenvalue weighted by Gasteiger charge is 2.10. The lowest BCUT2D eigenvalue weighted by molar-refractivity contribution is 0.101. The predicted octanol–water partition coefficient (Wildman–Crippen LogP) is 3.83. The van der Waals surface area contributed by atoms with Crippen LogP contribution in [0.15, 0.2) is 41.8 Å². The van der Waals surface area contributed by atoms with Crippen molar-refractivity contribution in [3.63, 3.8) is 0 Å². The highest BCUT2D eigenvalue weighted by atomic mass is 32.1. The number of thiophene rings is 1. The van der Waals surface area contributed by atoms with E-state index in [9.17, 15) is 9.90 Å². The van der Waals surface area contributed by atoms with Gasteiger partial charge in [-0.3, -0.25) is 10.2 Å². The highest BCUT2D eigenvalue weighted by Crippen LogP contribution is 2.23. The number of amides is 1. The summed E-state index contributed by atoms with van der Waals surface area (Å²) in [5, 5.41) is 12.5. The van der Waals surface area contributed by atoms with Crippen LogP contribution in [0.5, 0.6) is 5.75 Å². The van der Waals surface area contributed by atoms with Gasteiger partial charge in [0.05, 0.1) is 10.4 Å². The summed E-state index contributed by atoms with van der Waals surface area (Å²) in [4.78, 5) is 12.8. The number of hydrogen-bond donors (Lipinski definition) is 2. The number of aromatic nitrogens is 1. The Hall–Kier alpha value is -2.18. The topological polar surface area (TPSA) is 54.3 Å². The van der Waals surface area contributed by atoms with Crippen molar-refractivity contribution in [2.75, 3.05) is 5.43 Å². The van der Waals surface area contributed by atoms with Gasteiger partial charge < -0.3 is 5.11 Å². The van der Waals surface area contributed by atoms with Gasteiger partial charge in [-0.1, -0.05) is 18.3 Å². The first-order valence-corrected chi connectivity index (χ1v) is 7.55. The minimum atomic E-state index is -0.227. The summed E-state index contributed by atoms with van der Waals surface area (Å²) in [6.45, 7) is 1.95. The first-order chi connectivity index (χ1) is 10.1. The summed E-state index contributed by atoms with van der Waals surface area (Å²) in [5.41, 5.74) is 4.45. The number of nitrogens with one attached hydrogen (secondary N) is 1. The van der Waals surface area contributed by atoms with Crippen molar-refractivity contribution in [2.45, 2.75) is 6.92 Å². The summed E-state index contributed by atoms with van der Waals surface area (Å²) < 4.78 is 2.01. The third-order valence-corrected chi connectivity index (χ3v) is 4.33. The number of aryl methyl sites for hydroxylation is 1. The number of nitrogens with zero attached hydrogens (tertiary/aromatic N) is 1. The molecule has 3 rings (SSSR count). The monoisotopic (exact) mass is 316 g/mol. The van der Waals surface area contributed by atoms with Gasteiger partial charge in [0.2, 0.25) is 0 Å². The van der Waals surface area contributed by atoms with Crippen molar-refractivity contribution in [2.24, 2.45) is 0 Å². The molecule has 0 aliphatic carbocycles. The van der Waals surface area contributed by atoms with Gasteiger partial charge in [0.25, 0.3) is 5.91 Å². The zero-order valence-corrected chi connectivity index (χ0v) is 12.8. The third-order valence-electron chi connectivity index (χ3n) is 3.17. The highest BCUT2D eigenvalue weighted by molar-refractivity contribution is 7.71. The van der Waals surface area contributed by atoms with Crippen LogP contribution in [-0.4, -0.2) is 15.7 Å². The Labute approximate surface area is 130 Å². The van der Waals surface area contributed by atoms with E-state index < -0.39 is 0 Å². The van der Waals surface area contributed by atoms with Crippen molar-refractivity contribution >= 4 is 40.4 Å². The molecule has 2 aromatic heterocycles. The molecule has 0 radical (unpaired) electrons. The lowest BCUT2D eigenvalue weighted by Crippen LogP contribution is -2.23. The second kappa shape index (κ2) is 5.31. The second-order valence-corrected chi connectivity index (χ2v) is 5.99. The zero-order chi connectivity index (χ0) is 15.0. The molecule has 0 saturated carbocycles. The minimum absolute atomic E-state index is 0.127. The Bertz CT molecular complexity index is 883. The third kappa shape index (κ3) is 2.55. The van der Waals surface area contributed by atoms with Crippen LogP contribution in [0.2, 0.25) is 0 Å². The normalized spacial score (nSPS) is 10.7. The van der Waals surface area contributed by atoms with Crippen molar-refractivity contribution in [3.8, 4) is 5.75 Å². The Balaban J connectivity index is 2.15. The summed E-state index contributed by atoms with van der Waals surface area (Å²) in [6.07, 6.45) is 0. The number of carbonyl (C=O) groups is 1. The van der Waals surface area contributed by atoms with E-state index in [1.54, 1.807) is 18.2 Å². The van der Waals surface area contributed by atoms with E-state index in [-0.39, 0.29) is 11.7 Å². The number of pyridine rings is 1. The molecule has 21 heavy (non-hydrogen) atoms. The smallest absolute Gasteiger partial charge is 0.280 e. The maximum Gasteiger partial charge on any atom is 0.280 e. The zero-order valence-electron chi connectivity index (χ0n) is 11.2. The molecule has 1 aromatic carbocycles. The van der Waals surface area contributed by atoms with E-state index in [1.165, 1.54) is 16.0 Å². The van der Waals surface area contributed by atoms with Crippen LogP contribution in [0.25, 0.3) is 10.9 Å². The Kier molecular flexibility index (Phi) is 3.48. The van der Waals surface area contributed by atoms with Gasteiger partial charge in [-0.05, 0) is 42.1 Å². The van der Waals surface area contributed by atoms with Crippen molar-refractivity contribution in [3.05, 3.63) is 56.9 Å². The van der Waals surface area contributed by atoms with E-state index in [4.69, 9.17) is 12.2 Å². The fourth-order valence-electron chi connectivity index (χ4n) is 2.16. The molecule has 0 atom stereocenters. The van der Waals surface area contributed by atoms with Gasteiger partial charge in [0, 0.05) is 11.5 Å². The van der Waals surface area contributed by atoms with Crippen LogP contribution < -0.4 is 5.43 Å². The molecule has 0 unspecified atom stereocenters. The quantitative estimate of drug-likeness (QED) is 0.707. The van der Waals surface area contributed by atoms with Gasteiger partial charge >= 0.3 is 0 Å². The maximum atomic E-state index is 12.2. The van der Waals surface area contributed by atoms with Gasteiger partial charge in [-0.25, -0.2) is 4.68 Å². The Morgan fingerprint density at radius 2 is 2.14 bits per heavy atom. The van der Waals surface area contributed by atoms with Crippen LogP contribution in [0.4, 0.5) is 0 Å². The van der Waals surface area contributed by atoms with E-state index >= 15 is 0 Å². The van der Waals surface area contributed by atoms with E-state index in [0.717, 1.165) is 10.9 Å². The number of phenols is 1. The predicted molar refractivity (Wildman–Crippen MR) is 87.2 cm³/mol. The van der Waals surface area contributed by atoms with Gasteiger partial charge in [0.1, 0.15) is 10.4 Å². The lowest BCUT2D eigenvalue weighted by atomic mass is 10.1. The standard InChI is InChI=1S/C15H12N2O2S2/c1-9-7-14(20)17(12-8-10(18)4-5-11(9)12)16-15(19)13-3-2-6-21-13/h2-8,18H,1H3,(H,16,19). The maximum absolute atomic E-state index is 12.2. The first kappa shape index (κ1) is 13.8.